The summed E-state index contributed by atoms with van der Waals surface area (Å²) in [7, 11) is 1.44. The van der Waals surface area contributed by atoms with Crippen LogP contribution in [0.25, 0.3) is 0 Å². The highest BCUT2D eigenvalue weighted by molar-refractivity contribution is 5.95. The zero-order valence-electron chi connectivity index (χ0n) is 14.1. The number of nitrogens with zero attached hydrogens (tertiary/aromatic N) is 1. The third kappa shape index (κ3) is 5.10. The topological polar surface area (TPSA) is 119 Å². The fourth-order valence-electron chi connectivity index (χ4n) is 2.84. The molecule has 0 bridgehead atoms. The van der Waals surface area contributed by atoms with E-state index in [1.807, 2.05) is 0 Å². The van der Waals surface area contributed by atoms with Gasteiger partial charge in [-0.3, -0.25) is 14.4 Å². The second kappa shape index (κ2) is 8.36. The Bertz CT molecular complexity index is 653. The summed E-state index contributed by atoms with van der Waals surface area (Å²) in [5.74, 6) is -0.771. The average molecular weight is 350 g/mol. The van der Waals surface area contributed by atoms with Crippen LogP contribution in [0.1, 0.15) is 29.6 Å². The van der Waals surface area contributed by atoms with Crippen molar-refractivity contribution >= 4 is 17.8 Å². The van der Waals surface area contributed by atoms with Gasteiger partial charge in [-0.1, -0.05) is 0 Å². The van der Waals surface area contributed by atoms with Gasteiger partial charge in [0.2, 0.25) is 0 Å². The Hall–Kier alpha value is -2.77. The molecule has 1 saturated heterocycles. The molecule has 25 heavy (non-hydrogen) atoms. The van der Waals surface area contributed by atoms with Crippen molar-refractivity contribution in [2.45, 2.75) is 19.3 Å². The first-order valence-electron chi connectivity index (χ1n) is 8.01. The van der Waals surface area contributed by atoms with E-state index < -0.39 is 11.9 Å². The quantitative estimate of drug-likeness (QED) is 0.753. The molecule has 3 N–H and O–H groups in total. The minimum atomic E-state index is -0.805. The molecule has 0 spiro atoms. The van der Waals surface area contributed by atoms with Crippen molar-refractivity contribution in [2.75, 3.05) is 26.8 Å². The van der Waals surface area contributed by atoms with Crippen LogP contribution in [0.5, 0.6) is 11.5 Å². The Morgan fingerprint density at radius 2 is 1.92 bits per heavy atom. The Labute approximate surface area is 145 Å². The van der Waals surface area contributed by atoms with Gasteiger partial charge >= 0.3 is 5.97 Å². The first-order valence-corrected chi connectivity index (χ1v) is 8.01. The van der Waals surface area contributed by atoms with Gasteiger partial charge in [-0.05, 0) is 37.0 Å². The van der Waals surface area contributed by atoms with Crippen molar-refractivity contribution in [3.8, 4) is 11.5 Å². The van der Waals surface area contributed by atoms with Gasteiger partial charge in [-0.15, -0.1) is 0 Å². The molecule has 0 aromatic heterocycles. The number of primary amides is 1. The maximum absolute atomic E-state index is 12.6. The summed E-state index contributed by atoms with van der Waals surface area (Å²) in [5, 5.41) is 8.85. The molecule has 0 atom stereocenters. The first-order chi connectivity index (χ1) is 11.9. The second-order valence-corrected chi connectivity index (χ2v) is 5.95. The lowest BCUT2D eigenvalue weighted by atomic mass is 9.93. The standard InChI is InChI=1S/C17H22N2O6/c1-24-14-9-12(2-3-13(14)25-10-15(18)20)17(23)19-6-4-11(5-7-19)8-16(21)22/h2-3,9,11H,4-8,10H2,1H3,(H2,18,20)(H,21,22). The van der Waals surface area contributed by atoms with Crippen molar-refractivity contribution in [2.24, 2.45) is 11.7 Å². The summed E-state index contributed by atoms with van der Waals surface area (Å²) < 4.78 is 10.4. The number of ether oxygens (including phenoxy) is 2. The Balaban J connectivity index is 2.02. The van der Waals surface area contributed by atoms with Crippen molar-refractivity contribution in [1.82, 2.24) is 4.90 Å². The lowest BCUT2D eigenvalue weighted by Crippen LogP contribution is -2.38. The SMILES string of the molecule is COc1cc(C(=O)N2CCC(CC(=O)O)CC2)ccc1OCC(N)=O. The highest BCUT2D eigenvalue weighted by Gasteiger charge is 2.25. The normalized spacial score (nSPS) is 14.8. The number of methoxy groups -OCH3 is 1. The third-order valence-corrected chi connectivity index (χ3v) is 4.15. The summed E-state index contributed by atoms with van der Waals surface area (Å²) in [6, 6.07) is 4.72. The number of hydrogen-bond acceptors (Lipinski definition) is 5. The molecule has 0 saturated carbocycles. The fourth-order valence-corrected chi connectivity index (χ4v) is 2.84. The highest BCUT2D eigenvalue weighted by atomic mass is 16.5. The Morgan fingerprint density at radius 1 is 1.24 bits per heavy atom. The van der Waals surface area contributed by atoms with Crippen LogP contribution in [0, 0.1) is 5.92 Å². The predicted octanol–water partition coefficient (Wildman–Crippen LogP) is 0.886. The van der Waals surface area contributed by atoms with Crippen LogP contribution in [-0.2, 0) is 9.59 Å². The van der Waals surface area contributed by atoms with Crippen LogP contribution in [0.15, 0.2) is 18.2 Å². The van der Waals surface area contributed by atoms with Crippen LogP contribution in [0.3, 0.4) is 0 Å². The van der Waals surface area contributed by atoms with E-state index >= 15 is 0 Å². The molecular weight excluding hydrogens is 328 g/mol. The fraction of sp³-hybridized carbons (Fsp3) is 0.471. The lowest BCUT2D eigenvalue weighted by Gasteiger charge is -2.31. The number of nitrogens with two attached hydrogens (primary N) is 1. The number of amides is 2. The largest absolute Gasteiger partial charge is 0.493 e. The van der Waals surface area contributed by atoms with Crippen LogP contribution >= 0.6 is 0 Å². The number of carbonyl (C=O) groups excluding carboxylic acids is 2. The molecule has 2 amide bonds. The molecule has 1 heterocycles. The van der Waals surface area contributed by atoms with E-state index in [1.54, 1.807) is 23.1 Å². The van der Waals surface area contributed by atoms with E-state index in [9.17, 15) is 14.4 Å². The number of benzene rings is 1. The number of carbonyl (C=O) groups is 3. The number of piperidine rings is 1. The van der Waals surface area contributed by atoms with Gasteiger partial charge in [0.25, 0.3) is 11.8 Å². The smallest absolute Gasteiger partial charge is 0.303 e. The van der Waals surface area contributed by atoms with Gasteiger partial charge in [0.05, 0.1) is 7.11 Å². The average Bonchev–Trinajstić information content (AvgIpc) is 2.59. The number of carboxylic acids is 1. The molecule has 1 aliphatic rings. The number of rotatable bonds is 7. The van der Waals surface area contributed by atoms with Gasteiger partial charge in [-0.2, -0.15) is 0 Å². The van der Waals surface area contributed by atoms with E-state index in [4.69, 9.17) is 20.3 Å². The van der Waals surface area contributed by atoms with Crippen molar-refractivity contribution in [1.29, 1.82) is 0 Å². The molecule has 8 nitrogen and oxygen atoms in total. The van der Waals surface area contributed by atoms with Gasteiger partial charge in [-0.25, -0.2) is 0 Å². The van der Waals surface area contributed by atoms with Crippen LogP contribution in [0.4, 0.5) is 0 Å². The summed E-state index contributed by atoms with van der Waals surface area (Å²) in [6.45, 7) is 0.777. The molecule has 8 heteroatoms. The third-order valence-electron chi connectivity index (χ3n) is 4.15. The van der Waals surface area contributed by atoms with Crippen molar-refractivity contribution < 1.29 is 29.0 Å². The summed E-state index contributed by atoms with van der Waals surface area (Å²) in [5.41, 5.74) is 5.49. The molecule has 0 unspecified atom stereocenters. The van der Waals surface area contributed by atoms with E-state index in [2.05, 4.69) is 0 Å². The minimum absolute atomic E-state index is 0.112. The van der Waals surface area contributed by atoms with Crippen LogP contribution in [-0.4, -0.2) is 54.6 Å². The van der Waals surface area contributed by atoms with Crippen LogP contribution < -0.4 is 15.2 Å². The highest BCUT2D eigenvalue weighted by Crippen LogP contribution is 2.29. The lowest BCUT2D eigenvalue weighted by molar-refractivity contribution is -0.138. The number of likely N-dealkylation sites (tertiary alicyclic amines) is 1. The first kappa shape index (κ1) is 18.6. The predicted molar refractivity (Wildman–Crippen MR) is 88.6 cm³/mol. The number of aliphatic carboxylic acids is 1. The molecule has 2 rings (SSSR count). The molecule has 1 aliphatic heterocycles. The van der Waals surface area contributed by atoms with E-state index in [1.165, 1.54) is 7.11 Å². The Kier molecular flexibility index (Phi) is 6.21. The van der Waals surface area contributed by atoms with Crippen LogP contribution in [0.2, 0.25) is 0 Å². The maximum Gasteiger partial charge on any atom is 0.303 e. The van der Waals surface area contributed by atoms with E-state index in [0.717, 1.165) is 0 Å². The second-order valence-electron chi connectivity index (χ2n) is 5.95. The number of hydrogen-bond donors (Lipinski definition) is 2. The van der Waals surface area contributed by atoms with E-state index in [-0.39, 0.29) is 24.9 Å². The molecule has 1 fully saturated rings. The molecule has 0 aliphatic carbocycles. The molecule has 136 valence electrons. The summed E-state index contributed by atoms with van der Waals surface area (Å²) in [6.07, 6.45) is 1.49. The molecular formula is C17H22N2O6. The molecule has 1 aromatic rings. The molecule has 1 aromatic carbocycles. The minimum Gasteiger partial charge on any atom is -0.493 e. The maximum atomic E-state index is 12.6. The number of carboxylic acid groups (broad SMARTS) is 1. The monoisotopic (exact) mass is 350 g/mol. The van der Waals surface area contributed by atoms with Gasteiger partial charge in [0.1, 0.15) is 0 Å². The van der Waals surface area contributed by atoms with Gasteiger partial charge < -0.3 is 25.2 Å². The van der Waals surface area contributed by atoms with Crippen molar-refractivity contribution in [3.05, 3.63) is 23.8 Å². The zero-order chi connectivity index (χ0) is 18.4. The van der Waals surface area contributed by atoms with Crippen molar-refractivity contribution in [3.63, 3.8) is 0 Å². The van der Waals surface area contributed by atoms with E-state index in [0.29, 0.717) is 43.0 Å². The van der Waals surface area contributed by atoms with Gasteiger partial charge in [0, 0.05) is 25.1 Å². The Morgan fingerprint density at radius 3 is 2.48 bits per heavy atom. The van der Waals surface area contributed by atoms with Gasteiger partial charge in [0.15, 0.2) is 18.1 Å². The summed E-state index contributed by atoms with van der Waals surface area (Å²) >= 11 is 0. The summed E-state index contributed by atoms with van der Waals surface area (Å²) in [4.78, 5) is 35.9. The molecule has 0 radical (unpaired) electrons. The zero-order valence-corrected chi connectivity index (χ0v) is 14.1.